The number of amides is 1. The summed E-state index contributed by atoms with van der Waals surface area (Å²) in [5.74, 6) is -1.30. The minimum absolute atomic E-state index is 0.302. The van der Waals surface area contributed by atoms with Crippen LogP contribution < -0.4 is 5.32 Å². The quantitative estimate of drug-likeness (QED) is 0.864. The number of hydrogen-bond acceptors (Lipinski definition) is 3. The smallest absolute Gasteiger partial charge is 0.338 e. The second-order valence-electron chi connectivity index (χ2n) is 4.78. The highest BCUT2D eigenvalue weighted by atomic mass is 19.1. The van der Waals surface area contributed by atoms with Gasteiger partial charge in [-0.2, -0.15) is 0 Å². The minimum Gasteiger partial charge on any atom is -0.452 e. The Morgan fingerprint density at radius 3 is 2.36 bits per heavy atom. The first-order valence-electron chi connectivity index (χ1n) is 6.83. The lowest BCUT2D eigenvalue weighted by molar-refractivity contribution is -0.124. The molecule has 0 aliphatic rings. The van der Waals surface area contributed by atoms with E-state index in [1.54, 1.807) is 49.4 Å². The van der Waals surface area contributed by atoms with Gasteiger partial charge in [-0.15, -0.1) is 0 Å². The number of carbonyl (C=O) groups is 2. The van der Waals surface area contributed by atoms with Gasteiger partial charge < -0.3 is 10.1 Å². The Morgan fingerprint density at radius 1 is 1.09 bits per heavy atom. The third-order valence-electron chi connectivity index (χ3n) is 3.09. The Morgan fingerprint density at radius 2 is 1.73 bits per heavy atom. The van der Waals surface area contributed by atoms with Crippen molar-refractivity contribution in [1.82, 2.24) is 5.32 Å². The number of ether oxygens (including phenoxy) is 1. The van der Waals surface area contributed by atoms with Gasteiger partial charge in [0.2, 0.25) is 0 Å². The first-order valence-corrected chi connectivity index (χ1v) is 6.83. The van der Waals surface area contributed by atoms with Gasteiger partial charge in [0.1, 0.15) is 5.82 Å². The molecule has 1 N–H and O–H groups in total. The molecule has 0 aromatic heterocycles. The van der Waals surface area contributed by atoms with E-state index >= 15 is 0 Å². The summed E-state index contributed by atoms with van der Waals surface area (Å²) >= 11 is 0. The molecule has 0 fully saturated rings. The Labute approximate surface area is 127 Å². The van der Waals surface area contributed by atoms with Crippen LogP contribution in [0.5, 0.6) is 0 Å². The Bertz CT molecular complexity index is 641. The molecule has 0 radical (unpaired) electrons. The highest BCUT2D eigenvalue weighted by Gasteiger charge is 2.12. The van der Waals surface area contributed by atoms with Gasteiger partial charge in [0.05, 0.1) is 11.6 Å². The molecule has 1 unspecified atom stereocenters. The van der Waals surface area contributed by atoms with Gasteiger partial charge in [-0.3, -0.25) is 4.79 Å². The first kappa shape index (κ1) is 15.7. The van der Waals surface area contributed by atoms with E-state index in [9.17, 15) is 14.0 Å². The van der Waals surface area contributed by atoms with E-state index in [0.29, 0.717) is 5.56 Å². The number of halogens is 1. The zero-order valence-corrected chi connectivity index (χ0v) is 12.1. The third kappa shape index (κ3) is 4.41. The van der Waals surface area contributed by atoms with E-state index in [0.717, 1.165) is 5.56 Å². The summed E-state index contributed by atoms with van der Waals surface area (Å²) in [6, 6.07) is 14.0. The van der Waals surface area contributed by atoms with Crippen molar-refractivity contribution in [3.63, 3.8) is 0 Å². The molecule has 4 nitrogen and oxygen atoms in total. The Balaban J connectivity index is 1.83. The number of carbonyl (C=O) groups excluding carboxylic acids is 2. The molecule has 5 heteroatoms. The summed E-state index contributed by atoms with van der Waals surface area (Å²) in [4.78, 5) is 23.5. The Kier molecular flexibility index (Phi) is 5.25. The lowest BCUT2D eigenvalue weighted by Crippen LogP contribution is -2.31. The largest absolute Gasteiger partial charge is 0.452 e. The predicted octanol–water partition coefficient (Wildman–Crippen LogP) is 2.86. The number of rotatable bonds is 5. The second kappa shape index (κ2) is 7.36. The molecule has 2 aromatic carbocycles. The van der Waals surface area contributed by atoms with Gasteiger partial charge >= 0.3 is 5.97 Å². The fraction of sp³-hybridized carbons (Fsp3) is 0.176. The average Bonchev–Trinajstić information content (AvgIpc) is 2.54. The highest BCUT2D eigenvalue weighted by molar-refractivity contribution is 5.91. The van der Waals surface area contributed by atoms with E-state index in [1.165, 1.54) is 12.1 Å². The van der Waals surface area contributed by atoms with Crippen molar-refractivity contribution in [1.29, 1.82) is 0 Å². The lowest BCUT2D eigenvalue weighted by Gasteiger charge is -2.14. The van der Waals surface area contributed by atoms with Crippen molar-refractivity contribution in [2.45, 2.75) is 13.0 Å². The van der Waals surface area contributed by atoms with Crippen LogP contribution in [0.3, 0.4) is 0 Å². The fourth-order valence-electron chi connectivity index (χ4n) is 1.91. The molecule has 0 saturated heterocycles. The number of benzene rings is 2. The van der Waals surface area contributed by atoms with E-state index in [-0.39, 0.29) is 18.5 Å². The average molecular weight is 301 g/mol. The number of nitrogens with one attached hydrogen (secondary N) is 1. The summed E-state index contributed by atoms with van der Waals surface area (Å²) in [6.45, 7) is 1.41. The van der Waals surface area contributed by atoms with Crippen LogP contribution in [0, 0.1) is 5.82 Å². The molecule has 0 aliphatic heterocycles. The van der Waals surface area contributed by atoms with Crippen molar-refractivity contribution >= 4 is 11.9 Å². The van der Waals surface area contributed by atoms with Crippen LogP contribution in [0.1, 0.15) is 28.9 Å². The summed E-state index contributed by atoms with van der Waals surface area (Å²) in [5.41, 5.74) is 1.16. The van der Waals surface area contributed by atoms with E-state index in [1.807, 2.05) is 0 Å². The molecule has 0 spiro atoms. The topological polar surface area (TPSA) is 55.4 Å². The van der Waals surface area contributed by atoms with Crippen LogP contribution in [0.25, 0.3) is 0 Å². The zero-order valence-electron chi connectivity index (χ0n) is 12.1. The molecule has 114 valence electrons. The normalized spacial score (nSPS) is 11.5. The van der Waals surface area contributed by atoms with Crippen LogP contribution in [0.2, 0.25) is 0 Å². The van der Waals surface area contributed by atoms with Crippen molar-refractivity contribution in [3.8, 4) is 0 Å². The minimum atomic E-state index is -0.551. The highest BCUT2D eigenvalue weighted by Crippen LogP contribution is 2.12. The van der Waals surface area contributed by atoms with Gasteiger partial charge in [-0.25, -0.2) is 9.18 Å². The predicted molar refractivity (Wildman–Crippen MR) is 79.7 cm³/mol. The van der Waals surface area contributed by atoms with Gasteiger partial charge in [-0.05, 0) is 36.8 Å². The molecule has 0 aliphatic carbocycles. The fourth-order valence-corrected chi connectivity index (χ4v) is 1.91. The van der Waals surface area contributed by atoms with Gasteiger partial charge in [0, 0.05) is 0 Å². The third-order valence-corrected chi connectivity index (χ3v) is 3.09. The summed E-state index contributed by atoms with van der Waals surface area (Å²) < 4.78 is 17.8. The van der Waals surface area contributed by atoms with Crippen LogP contribution >= 0.6 is 0 Å². The number of hydrogen-bond donors (Lipinski definition) is 1. The van der Waals surface area contributed by atoms with Crippen LogP contribution in [-0.4, -0.2) is 18.5 Å². The molecule has 0 saturated carbocycles. The Hall–Kier alpha value is -2.69. The van der Waals surface area contributed by atoms with Gasteiger partial charge in [0.25, 0.3) is 5.91 Å². The van der Waals surface area contributed by atoms with Gasteiger partial charge in [0.15, 0.2) is 6.61 Å². The van der Waals surface area contributed by atoms with E-state index in [4.69, 9.17) is 4.74 Å². The SMILES string of the molecule is CC(NC(=O)COC(=O)c1ccccc1)c1ccc(F)cc1. The van der Waals surface area contributed by atoms with E-state index < -0.39 is 11.9 Å². The molecular weight excluding hydrogens is 285 g/mol. The summed E-state index contributed by atoms with van der Waals surface area (Å²) in [7, 11) is 0. The standard InChI is InChI=1S/C17H16FNO3/c1-12(13-7-9-15(18)10-8-13)19-16(20)11-22-17(21)14-5-3-2-4-6-14/h2-10,12H,11H2,1H3,(H,19,20). The van der Waals surface area contributed by atoms with Crippen molar-refractivity contribution in [2.75, 3.05) is 6.61 Å². The molecule has 0 bridgehead atoms. The molecular formula is C17H16FNO3. The van der Waals surface area contributed by atoms with Crippen LogP contribution in [0.15, 0.2) is 54.6 Å². The molecule has 1 amide bonds. The monoisotopic (exact) mass is 301 g/mol. The van der Waals surface area contributed by atoms with Crippen LogP contribution in [0.4, 0.5) is 4.39 Å². The molecule has 2 aromatic rings. The lowest BCUT2D eigenvalue weighted by atomic mass is 10.1. The first-order chi connectivity index (χ1) is 10.6. The maximum Gasteiger partial charge on any atom is 0.338 e. The van der Waals surface area contributed by atoms with Crippen molar-refractivity contribution in [3.05, 3.63) is 71.5 Å². The maximum absolute atomic E-state index is 12.8. The maximum atomic E-state index is 12.8. The van der Waals surface area contributed by atoms with E-state index in [2.05, 4.69) is 5.32 Å². The summed E-state index contributed by atoms with van der Waals surface area (Å²) in [6.07, 6.45) is 0. The molecule has 22 heavy (non-hydrogen) atoms. The zero-order chi connectivity index (χ0) is 15.9. The van der Waals surface area contributed by atoms with Crippen molar-refractivity contribution < 1.29 is 18.7 Å². The van der Waals surface area contributed by atoms with Crippen LogP contribution in [-0.2, 0) is 9.53 Å². The van der Waals surface area contributed by atoms with Crippen molar-refractivity contribution in [2.24, 2.45) is 0 Å². The molecule has 2 rings (SSSR count). The number of esters is 1. The van der Waals surface area contributed by atoms with Gasteiger partial charge in [-0.1, -0.05) is 30.3 Å². The molecule has 0 heterocycles. The molecule has 1 atom stereocenters. The summed E-state index contributed by atoms with van der Waals surface area (Å²) in [5, 5.41) is 2.68. The second-order valence-corrected chi connectivity index (χ2v) is 4.78.